The Hall–Kier alpha value is -1.95. The van der Waals surface area contributed by atoms with E-state index in [0.29, 0.717) is 6.61 Å². The topological polar surface area (TPSA) is 96.2 Å². The van der Waals surface area contributed by atoms with E-state index in [-0.39, 0.29) is 24.0 Å². The van der Waals surface area contributed by atoms with E-state index in [1.54, 1.807) is 0 Å². The van der Waals surface area contributed by atoms with Crippen molar-refractivity contribution < 1.29 is 29.6 Å². The number of rotatable bonds is 3. The number of carbonyl (C=O) groups is 1. The molecule has 0 aliphatic carbocycles. The lowest BCUT2D eigenvalue weighted by Crippen LogP contribution is -2.18. The van der Waals surface area contributed by atoms with E-state index in [4.69, 9.17) is 14.6 Å². The van der Waals surface area contributed by atoms with Gasteiger partial charge in [0.2, 0.25) is 0 Å². The first kappa shape index (κ1) is 12.5. The highest BCUT2D eigenvalue weighted by atomic mass is 16.6. The van der Waals surface area contributed by atoms with Crippen molar-refractivity contribution >= 4 is 5.97 Å². The van der Waals surface area contributed by atoms with E-state index < -0.39 is 17.5 Å². The van der Waals surface area contributed by atoms with Gasteiger partial charge in [0.1, 0.15) is 29.4 Å². The Labute approximate surface area is 103 Å². The fraction of sp³-hybridized carbons (Fsp3) is 0.417. The minimum atomic E-state index is -0.847. The van der Waals surface area contributed by atoms with Crippen molar-refractivity contribution in [2.45, 2.75) is 18.9 Å². The van der Waals surface area contributed by atoms with Gasteiger partial charge < -0.3 is 24.8 Å². The minimum absolute atomic E-state index is 0.0819. The molecule has 0 spiro atoms. The van der Waals surface area contributed by atoms with Gasteiger partial charge in [-0.15, -0.1) is 0 Å². The number of phenols is 3. The first-order chi connectivity index (χ1) is 8.58. The molecule has 18 heavy (non-hydrogen) atoms. The summed E-state index contributed by atoms with van der Waals surface area (Å²) >= 11 is 0. The van der Waals surface area contributed by atoms with Crippen molar-refractivity contribution in [3.05, 3.63) is 17.7 Å². The van der Waals surface area contributed by atoms with Gasteiger partial charge >= 0.3 is 5.97 Å². The maximum atomic E-state index is 11.7. The zero-order chi connectivity index (χ0) is 13.1. The standard InChI is InChI=1S/C12H14O6/c13-7-4-9(14)11(10(15)5-7)12(16)18-6-8-2-1-3-17-8/h4-5,8,13-15H,1-3,6H2. The molecule has 1 heterocycles. The van der Waals surface area contributed by atoms with Crippen LogP contribution in [0.3, 0.4) is 0 Å². The second-order valence-electron chi connectivity index (χ2n) is 4.09. The molecule has 1 unspecified atom stereocenters. The smallest absolute Gasteiger partial charge is 0.345 e. The van der Waals surface area contributed by atoms with Gasteiger partial charge in [0.15, 0.2) is 0 Å². The van der Waals surface area contributed by atoms with Gasteiger partial charge in [-0.1, -0.05) is 0 Å². The van der Waals surface area contributed by atoms with Crippen molar-refractivity contribution in [1.29, 1.82) is 0 Å². The van der Waals surface area contributed by atoms with Crippen LogP contribution in [0.4, 0.5) is 0 Å². The number of esters is 1. The summed E-state index contributed by atoms with van der Waals surface area (Å²) in [6.07, 6.45) is 1.62. The predicted octanol–water partition coefficient (Wildman–Crippen LogP) is 1.14. The predicted molar refractivity (Wildman–Crippen MR) is 60.7 cm³/mol. The van der Waals surface area contributed by atoms with E-state index in [1.165, 1.54) is 0 Å². The number of benzene rings is 1. The third-order valence-electron chi connectivity index (χ3n) is 2.71. The monoisotopic (exact) mass is 254 g/mol. The van der Waals surface area contributed by atoms with E-state index in [2.05, 4.69) is 0 Å². The zero-order valence-electron chi connectivity index (χ0n) is 9.63. The van der Waals surface area contributed by atoms with Crippen molar-refractivity contribution in [1.82, 2.24) is 0 Å². The lowest BCUT2D eigenvalue weighted by atomic mass is 10.1. The highest BCUT2D eigenvalue weighted by molar-refractivity contribution is 5.95. The molecule has 1 fully saturated rings. The number of carbonyl (C=O) groups excluding carboxylic acids is 1. The summed E-state index contributed by atoms with van der Waals surface area (Å²) in [5.41, 5.74) is -0.356. The molecule has 1 atom stereocenters. The summed E-state index contributed by atoms with van der Waals surface area (Å²) in [5.74, 6) is -2.23. The van der Waals surface area contributed by atoms with Gasteiger partial charge in [0.25, 0.3) is 0 Å². The molecule has 98 valence electrons. The van der Waals surface area contributed by atoms with Crippen molar-refractivity contribution in [2.75, 3.05) is 13.2 Å². The van der Waals surface area contributed by atoms with Crippen LogP contribution in [0.25, 0.3) is 0 Å². The Balaban J connectivity index is 2.04. The van der Waals surface area contributed by atoms with Crippen LogP contribution >= 0.6 is 0 Å². The number of phenolic OH excluding ortho intramolecular Hbond substituents is 3. The maximum Gasteiger partial charge on any atom is 0.345 e. The van der Waals surface area contributed by atoms with Gasteiger partial charge in [-0.05, 0) is 12.8 Å². The maximum absolute atomic E-state index is 11.7. The summed E-state index contributed by atoms with van der Waals surface area (Å²) in [7, 11) is 0. The van der Waals surface area contributed by atoms with Gasteiger partial charge in [0, 0.05) is 18.7 Å². The minimum Gasteiger partial charge on any atom is -0.508 e. The molecule has 1 aliphatic heterocycles. The van der Waals surface area contributed by atoms with Crippen LogP contribution < -0.4 is 0 Å². The molecule has 1 aromatic carbocycles. The molecule has 0 amide bonds. The molecule has 2 rings (SSSR count). The van der Waals surface area contributed by atoms with Gasteiger partial charge in [-0.3, -0.25) is 0 Å². The zero-order valence-corrected chi connectivity index (χ0v) is 9.63. The average molecular weight is 254 g/mol. The molecule has 1 saturated heterocycles. The molecule has 1 aromatic rings. The molecule has 6 nitrogen and oxygen atoms in total. The van der Waals surface area contributed by atoms with E-state index >= 15 is 0 Å². The second-order valence-corrected chi connectivity index (χ2v) is 4.09. The normalized spacial score (nSPS) is 18.8. The molecule has 0 bridgehead atoms. The summed E-state index contributed by atoms with van der Waals surface area (Å²) in [6, 6.07) is 1.92. The SMILES string of the molecule is O=C(OCC1CCCO1)c1c(O)cc(O)cc1O. The van der Waals surface area contributed by atoms with Gasteiger partial charge in [-0.25, -0.2) is 4.79 Å². The quantitative estimate of drug-likeness (QED) is 0.700. The molecular weight excluding hydrogens is 240 g/mol. The lowest BCUT2D eigenvalue weighted by molar-refractivity contribution is 0.0156. The van der Waals surface area contributed by atoms with Crippen LogP contribution in [0.2, 0.25) is 0 Å². The van der Waals surface area contributed by atoms with E-state index in [1.807, 2.05) is 0 Å². The van der Waals surface area contributed by atoms with Gasteiger partial charge in [0.05, 0.1) is 6.10 Å². The van der Waals surface area contributed by atoms with E-state index in [0.717, 1.165) is 25.0 Å². The van der Waals surface area contributed by atoms with Crippen LogP contribution in [-0.2, 0) is 9.47 Å². The first-order valence-electron chi connectivity index (χ1n) is 5.61. The Kier molecular flexibility index (Phi) is 3.57. The first-order valence-corrected chi connectivity index (χ1v) is 5.61. The summed E-state index contributed by atoms with van der Waals surface area (Å²) in [6.45, 7) is 0.733. The van der Waals surface area contributed by atoms with Crippen LogP contribution in [0.1, 0.15) is 23.2 Å². The molecule has 6 heteroatoms. The number of ether oxygens (including phenoxy) is 2. The summed E-state index contributed by atoms with van der Waals surface area (Å²) < 4.78 is 10.2. The number of hydrogen-bond acceptors (Lipinski definition) is 6. The number of aromatic hydroxyl groups is 3. The third-order valence-corrected chi connectivity index (χ3v) is 2.71. The van der Waals surface area contributed by atoms with Crippen LogP contribution in [0.15, 0.2) is 12.1 Å². The van der Waals surface area contributed by atoms with Crippen molar-refractivity contribution in [2.24, 2.45) is 0 Å². The highest BCUT2D eigenvalue weighted by Crippen LogP contribution is 2.32. The van der Waals surface area contributed by atoms with Crippen LogP contribution in [0.5, 0.6) is 17.2 Å². The summed E-state index contributed by atoms with van der Waals surface area (Å²) in [5, 5.41) is 28.1. The Morgan fingerprint density at radius 2 is 2.00 bits per heavy atom. The molecule has 0 saturated carbocycles. The molecule has 0 aromatic heterocycles. The molecule has 3 N–H and O–H groups in total. The molecule has 1 aliphatic rings. The van der Waals surface area contributed by atoms with Crippen molar-refractivity contribution in [3.63, 3.8) is 0 Å². The average Bonchev–Trinajstić information content (AvgIpc) is 2.77. The Morgan fingerprint density at radius 3 is 2.56 bits per heavy atom. The fourth-order valence-electron chi connectivity index (χ4n) is 1.82. The summed E-state index contributed by atoms with van der Waals surface area (Å²) in [4.78, 5) is 11.7. The molecular formula is C12H14O6. The Morgan fingerprint density at radius 1 is 1.33 bits per heavy atom. The molecule has 0 radical (unpaired) electrons. The number of hydrogen-bond donors (Lipinski definition) is 3. The van der Waals surface area contributed by atoms with E-state index in [9.17, 15) is 15.0 Å². The Bertz CT molecular complexity index is 427. The third kappa shape index (κ3) is 2.65. The second kappa shape index (κ2) is 5.14. The highest BCUT2D eigenvalue weighted by Gasteiger charge is 2.22. The fourth-order valence-corrected chi connectivity index (χ4v) is 1.82. The van der Waals surface area contributed by atoms with Crippen LogP contribution in [0, 0.1) is 0 Å². The van der Waals surface area contributed by atoms with Crippen LogP contribution in [-0.4, -0.2) is 40.6 Å². The largest absolute Gasteiger partial charge is 0.508 e. The van der Waals surface area contributed by atoms with Gasteiger partial charge in [-0.2, -0.15) is 0 Å². The van der Waals surface area contributed by atoms with Crippen molar-refractivity contribution in [3.8, 4) is 17.2 Å². The lowest BCUT2D eigenvalue weighted by Gasteiger charge is -2.11.